The van der Waals surface area contributed by atoms with Crippen molar-refractivity contribution in [1.82, 2.24) is 15.1 Å². The molecule has 0 bridgehead atoms. The van der Waals surface area contributed by atoms with Crippen molar-refractivity contribution in [2.24, 2.45) is 0 Å². The summed E-state index contributed by atoms with van der Waals surface area (Å²) in [6.07, 6.45) is 2.88. The lowest BCUT2D eigenvalue weighted by Crippen LogP contribution is -2.55. The second-order valence-electron chi connectivity index (χ2n) is 6.79. The molecule has 0 aromatic heterocycles. The number of nitrogens with zero attached hydrogens (tertiary/aromatic N) is 2. The number of piperazine rings is 1. The quantitative estimate of drug-likeness (QED) is 0.853. The fraction of sp³-hybridized carbons (Fsp3) is 0.632. The molecular formula is C19H29N3O3. The first-order chi connectivity index (χ1) is 12.2. The molecule has 0 spiro atoms. The number of ether oxygens (including phenoxy) is 1. The molecule has 2 amide bonds. The van der Waals surface area contributed by atoms with E-state index >= 15 is 0 Å². The Hall–Kier alpha value is -1.79. The second-order valence-corrected chi connectivity index (χ2v) is 6.79. The van der Waals surface area contributed by atoms with E-state index in [-0.39, 0.29) is 18.2 Å². The molecule has 1 aromatic carbocycles. The summed E-state index contributed by atoms with van der Waals surface area (Å²) in [5, 5.41) is 13.0. The minimum absolute atomic E-state index is 0.0297. The summed E-state index contributed by atoms with van der Waals surface area (Å²) in [6, 6.07) is 8.05. The zero-order chi connectivity index (χ0) is 17.6. The molecule has 1 heterocycles. The number of hydrogen-bond acceptors (Lipinski definition) is 4. The van der Waals surface area contributed by atoms with Gasteiger partial charge >= 0.3 is 6.03 Å². The Labute approximate surface area is 149 Å². The van der Waals surface area contributed by atoms with Gasteiger partial charge in [0, 0.05) is 44.3 Å². The standard InChI is InChI=1S/C19H29N3O3/c1-2-25-18-9-4-3-6-15(18)14-20-19(24)22-12-10-21(11-13-22)16-7-5-8-17(16)23/h3-4,6,9,16-17,23H,2,5,7-8,10-14H2,1H3,(H,20,24). The normalized spacial score (nSPS) is 24.3. The molecule has 2 fully saturated rings. The van der Waals surface area contributed by atoms with Crippen LogP contribution in [0.25, 0.3) is 0 Å². The molecule has 0 radical (unpaired) electrons. The van der Waals surface area contributed by atoms with Gasteiger partial charge in [-0.3, -0.25) is 4.90 Å². The summed E-state index contributed by atoms with van der Waals surface area (Å²) in [5.74, 6) is 0.824. The Morgan fingerprint density at radius 2 is 2.00 bits per heavy atom. The Morgan fingerprint density at radius 1 is 1.24 bits per heavy atom. The number of amides is 2. The molecule has 2 unspecified atom stereocenters. The highest BCUT2D eigenvalue weighted by Crippen LogP contribution is 2.25. The fourth-order valence-electron chi connectivity index (χ4n) is 3.83. The first kappa shape index (κ1) is 18.0. The van der Waals surface area contributed by atoms with Crippen LogP contribution in [0, 0.1) is 0 Å². The molecule has 1 saturated heterocycles. The molecule has 6 nitrogen and oxygen atoms in total. The molecule has 1 saturated carbocycles. The Morgan fingerprint density at radius 3 is 2.68 bits per heavy atom. The van der Waals surface area contributed by atoms with E-state index < -0.39 is 0 Å². The van der Waals surface area contributed by atoms with Gasteiger partial charge in [0.15, 0.2) is 0 Å². The number of carbonyl (C=O) groups excluding carboxylic acids is 1. The smallest absolute Gasteiger partial charge is 0.317 e. The zero-order valence-corrected chi connectivity index (χ0v) is 15.0. The summed E-state index contributed by atoms with van der Waals surface area (Å²) < 4.78 is 5.60. The van der Waals surface area contributed by atoms with Gasteiger partial charge in [-0.05, 0) is 32.3 Å². The SMILES string of the molecule is CCOc1ccccc1CNC(=O)N1CCN(C2CCCC2O)CC1. The summed E-state index contributed by atoms with van der Waals surface area (Å²) >= 11 is 0. The molecule has 6 heteroatoms. The molecule has 1 aromatic rings. The van der Waals surface area contributed by atoms with Crippen LogP contribution in [0.1, 0.15) is 31.7 Å². The summed E-state index contributed by atoms with van der Waals surface area (Å²) in [5.41, 5.74) is 0.991. The average molecular weight is 347 g/mol. The Bertz CT molecular complexity index is 573. The molecule has 3 rings (SSSR count). The van der Waals surface area contributed by atoms with Crippen molar-refractivity contribution in [2.45, 2.75) is 44.9 Å². The van der Waals surface area contributed by atoms with Gasteiger partial charge in [0.05, 0.1) is 12.7 Å². The number of aliphatic hydroxyl groups excluding tert-OH is 1. The highest BCUT2D eigenvalue weighted by molar-refractivity contribution is 5.74. The number of aliphatic hydroxyl groups is 1. The van der Waals surface area contributed by atoms with Crippen molar-refractivity contribution in [3.63, 3.8) is 0 Å². The number of carbonyl (C=O) groups is 1. The monoisotopic (exact) mass is 347 g/mol. The van der Waals surface area contributed by atoms with Crippen molar-refractivity contribution in [3.8, 4) is 5.75 Å². The van der Waals surface area contributed by atoms with Crippen molar-refractivity contribution >= 4 is 6.03 Å². The van der Waals surface area contributed by atoms with Crippen LogP contribution in [-0.4, -0.2) is 65.9 Å². The molecular weight excluding hydrogens is 318 g/mol. The van der Waals surface area contributed by atoms with Gasteiger partial charge in [-0.1, -0.05) is 18.2 Å². The highest BCUT2D eigenvalue weighted by atomic mass is 16.5. The third-order valence-corrected chi connectivity index (χ3v) is 5.22. The van der Waals surface area contributed by atoms with Gasteiger partial charge < -0.3 is 20.1 Å². The van der Waals surface area contributed by atoms with E-state index in [2.05, 4.69) is 10.2 Å². The van der Waals surface area contributed by atoms with Gasteiger partial charge in [-0.15, -0.1) is 0 Å². The van der Waals surface area contributed by atoms with E-state index in [9.17, 15) is 9.90 Å². The van der Waals surface area contributed by atoms with Crippen molar-refractivity contribution in [2.75, 3.05) is 32.8 Å². The number of rotatable bonds is 5. The summed E-state index contributed by atoms with van der Waals surface area (Å²) in [4.78, 5) is 16.6. The lowest BCUT2D eigenvalue weighted by atomic mass is 10.1. The number of hydrogen-bond donors (Lipinski definition) is 2. The molecule has 2 aliphatic rings. The van der Waals surface area contributed by atoms with Crippen molar-refractivity contribution in [1.29, 1.82) is 0 Å². The van der Waals surface area contributed by atoms with Crippen LogP contribution in [0.5, 0.6) is 5.75 Å². The van der Waals surface area contributed by atoms with E-state index in [0.717, 1.165) is 43.7 Å². The van der Waals surface area contributed by atoms with E-state index in [1.54, 1.807) is 0 Å². The van der Waals surface area contributed by atoms with Gasteiger partial charge in [0.2, 0.25) is 0 Å². The van der Waals surface area contributed by atoms with Crippen LogP contribution >= 0.6 is 0 Å². The van der Waals surface area contributed by atoms with E-state index in [1.165, 1.54) is 0 Å². The van der Waals surface area contributed by atoms with Crippen LogP contribution in [0.2, 0.25) is 0 Å². The van der Waals surface area contributed by atoms with Crippen molar-refractivity contribution < 1.29 is 14.6 Å². The largest absolute Gasteiger partial charge is 0.494 e. The summed E-state index contributed by atoms with van der Waals surface area (Å²) in [6.45, 7) is 6.13. The minimum Gasteiger partial charge on any atom is -0.494 e. The maximum Gasteiger partial charge on any atom is 0.317 e. The average Bonchev–Trinajstić information content (AvgIpc) is 3.07. The number of para-hydroxylation sites is 1. The van der Waals surface area contributed by atoms with Gasteiger partial charge in [-0.25, -0.2) is 4.79 Å². The molecule has 1 aliphatic carbocycles. The minimum atomic E-state index is -0.199. The van der Waals surface area contributed by atoms with Gasteiger partial charge in [-0.2, -0.15) is 0 Å². The van der Waals surface area contributed by atoms with Crippen LogP contribution in [0.15, 0.2) is 24.3 Å². The molecule has 138 valence electrons. The van der Waals surface area contributed by atoms with Crippen LogP contribution < -0.4 is 10.1 Å². The first-order valence-electron chi connectivity index (χ1n) is 9.34. The van der Waals surface area contributed by atoms with Crippen LogP contribution in [0.4, 0.5) is 4.79 Å². The number of benzene rings is 1. The van der Waals surface area contributed by atoms with E-state index in [1.807, 2.05) is 36.1 Å². The maximum absolute atomic E-state index is 12.4. The molecule has 1 aliphatic heterocycles. The lowest BCUT2D eigenvalue weighted by Gasteiger charge is -2.39. The Kier molecular flexibility index (Phi) is 6.15. The van der Waals surface area contributed by atoms with Gasteiger partial charge in [0.1, 0.15) is 5.75 Å². The van der Waals surface area contributed by atoms with Gasteiger partial charge in [0.25, 0.3) is 0 Å². The molecule has 25 heavy (non-hydrogen) atoms. The first-order valence-corrected chi connectivity index (χ1v) is 9.34. The van der Waals surface area contributed by atoms with Crippen LogP contribution in [0.3, 0.4) is 0 Å². The third kappa shape index (κ3) is 4.44. The number of urea groups is 1. The lowest BCUT2D eigenvalue weighted by molar-refractivity contribution is 0.0433. The third-order valence-electron chi connectivity index (χ3n) is 5.22. The van der Waals surface area contributed by atoms with Crippen LogP contribution in [-0.2, 0) is 6.54 Å². The molecule has 2 N–H and O–H groups in total. The summed E-state index contributed by atoms with van der Waals surface area (Å²) in [7, 11) is 0. The zero-order valence-electron chi connectivity index (χ0n) is 15.0. The second kappa shape index (κ2) is 8.54. The highest BCUT2D eigenvalue weighted by Gasteiger charge is 2.33. The maximum atomic E-state index is 12.4. The Balaban J connectivity index is 1.47. The fourth-order valence-corrected chi connectivity index (χ4v) is 3.83. The van der Waals surface area contributed by atoms with E-state index in [4.69, 9.17) is 4.74 Å². The predicted octanol–water partition coefficient (Wildman–Crippen LogP) is 1.83. The predicted molar refractivity (Wildman–Crippen MR) is 96.6 cm³/mol. The number of nitrogens with one attached hydrogen (secondary N) is 1. The molecule has 2 atom stereocenters. The van der Waals surface area contributed by atoms with E-state index in [0.29, 0.717) is 26.2 Å². The van der Waals surface area contributed by atoms with Crippen molar-refractivity contribution in [3.05, 3.63) is 29.8 Å². The topological polar surface area (TPSA) is 65.0 Å².